The topological polar surface area (TPSA) is 45.2 Å². The van der Waals surface area contributed by atoms with Gasteiger partial charge in [-0.15, -0.1) is 0 Å². The fourth-order valence-corrected chi connectivity index (χ4v) is 1.68. The summed E-state index contributed by atoms with van der Waals surface area (Å²) in [5, 5.41) is 3.19. The van der Waals surface area contributed by atoms with Crippen molar-refractivity contribution >= 4 is 5.91 Å². The Kier molecular flexibility index (Phi) is 2.00. The third-order valence-corrected chi connectivity index (χ3v) is 2.85. The molecule has 1 amide bonds. The lowest BCUT2D eigenvalue weighted by molar-refractivity contribution is -0.128. The minimum Gasteiger partial charge on any atom is -0.322 e. The summed E-state index contributed by atoms with van der Waals surface area (Å²) in [6.45, 7) is 2.37. The molecule has 1 N–H and O–H groups in total. The minimum atomic E-state index is -0.411. The highest BCUT2D eigenvalue weighted by Crippen LogP contribution is 2.26. The summed E-state index contributed by atoms with van der Waals surface area (Å²) in [4.78, 5) is 17.2. The van der Waals surface area contributed by atoms with Crippen LogP contribution >= 0.6 is 0 Å². The Morgan fingerprint density at radius 2 is 2.43 bits per heavy atom. The molecule has 0 radical (unpaired) electrons. The van der Waals surface area contributed by atoms with E-state index in [2.05, 4.69) is 10.3 Å². The third kappa shape index (κ3) is 1.19. The van der Waals surface area contributed by atoms with Crippen LogP contribution in [0, 0.1) is 0 Å². The first-order chi connectivity index (χ1) is 6.64. The SMILES string of the molecule is CN1C(=O)CNC1(C)c1cccnc1. The Morgan fingerprint density at radius 3 is 2.93 bits per heavy atom. The van der Waals surface area contributed by atoms with Crippen molar-refractivity contribution in [2.45, 2.75) is 12.6 Å². The molecule has 14 heavy (non-hydrogen) atoms. The first-order valence-electron chi connectivity index (χ1n) is 4.57. The smallest absolute Gasteiger partial charge is 0.238 e. The van der Waals surface area contributed by atoms with E-state index in [1.807, 2.05) is 19.1 Å². The largest absolute Gasteiger partial charge is 0.322 e. The van der Waals surface area contributed by atoms with Crippen molar-refractivity contribution in [3.05, 3.63) is 30.1 Å². The van der Waals surface area contributed by atoms with Gasteiger partial charge in [-0.2, -0.15) is 0 Å². The number of carbonyl (C=O) groups excluding carboxylic acids is 1. The van der Waals surface area contributed by atoms with Crippen molar-refractivity contribution in [3.8, 4) is 0 Å². The van der Waals surface area contributed by atoms with E-state index < -0.39 is 5.66 Å². The quantitative estimate of drug-likeness (QED) is 0.695. The van der Waals surface area contributed by atoms with Gasteiger partial charge in [-0.3, -0.25) is 15.1 Å². The number of likely N-dealkylation sites (N-methyl/N-ethyl adjacent to an activating group) is 1. The van der Waals surface area contributed by atoms with Crippen LogP contribution in [0.4, 0.5) is 0 Å². The summed E-state index contributed by atoms with van der Waals surface area (Å²) in [7, 11) is 1.80. The van der Waals surface area contributed by atoms with Crippen LogP contribution in [-0.4, -0.2) is 29.4 Å². The standard InChI is InChI=1S/C10H13N3O/c1-10(8-4-3-5-11-6-8)12-7-9(14)13(10)2/h3-6,12H,7H2,1-2H3. The third-order valence-electron chi connectivity index (χ3n) is 2.85. The zero-order valence-corrected chi connectivity index (χ0v) is 8.32. The average Bonchev–Trinajstić information content (AvgIpc) is 2.49. The second-order valence-electron chi connectivity index (χ2n) is 3.62. The Bertz CT molecular complexity index is 352. The Hall–Kier alpha value is -1.42. The normalized spacial score (nSPS) is 27.0. The molecule has 1 atom stereocenters. The fraction of sp³-hybridized carbons (Fsp3) is 0.400. The lowest BCUT2D eigenvalue weighted by Gasteiger charge is -2.32. The number of pyridine rings is 1. The maximum absolute atomic E-state index is 11.4. The van der Waals surface area contributed by atoms with Gasteiger partial charge in [0.2, 0.25) is 5.91 Å². The monoisotopic (exact) mass is 191 g/mol. The number of aromatic nitrogens is 1. The molecule has 1 fully saturated rings. The number of nitrogens with one attached hydrogen (secondary N) is 1. The summed E-state index contributed by atoms with van der Waals surface area (Å²) in [5.41, 5.74) is 0.596. The molecule has 0 aromatic carbocycles. The predicted octanol–water partition coefficient (Wildman–Crippen LogP) is 0.316. The van der Waals surface area contributed by atoms with E-state index in [4.69, 9.17) is 0 Å². The molecule has 1 unspecified atom stereocenters. The van der Waals surface area contributed by atoms with Gasteiger partial charge >= 0.3 is 0 Å². The van der Waals surface area contributed by atoms with Crippen LogP contribution in [0.3, 0.4) is 0 Å². The van der Waals surface area contributed by atoms with E-state index >= 15 is 0 Å². The van der Waals surface area contributed by atoms with Crippen molar-refractivity contribution < 1.29 is 4.79 Å². The van der Waals surface area contributed by atoms with Gasteiger partial charge in [-0.25, -0.2) is 0 Å². The van der Waals surface area contributed by atoms with Crippen molar-refractivity contribution in [2.75, 3.05) is 13.6 Å². The zero-order chi connectivity index (χ0) is 10.2. The van der Waals surface area contributed by atoms with Crippen LogP contribution in [0.5, 0.6) is 0 Å². The first kappa shape index (κ1) is 9.15. The molecule has 1 aromatic heterocycles. The summed E-state index contributed by atoms with van der Waals surface area (Å²) >= 11 is 0. The average molecular weight is 191 g/mol. The van der Waals surface area contributed by atoms with Crippen LogP contribution < -0.4 is 5.32 Å². The van der Waals surface area contributed by atoms with E-state index in [1.54, 1.807) is 24.3 Å². The van der Waals surface area contributed by atoms with Crippen LogP contribution in [0.25, 0.3) is 0 Å². The van der Waals surface area contributed by atoms with Gasteiger partial charge in [0.05, 0.1) is 6.54 Å². The van der Waals surface area contributed by atoms with Crippen LogP contribution in [0.15, 0.2) is 24.5 Å². The number of hydrogen-bond acceptors (Lipinski definition) is 3. The first-order valence-corrected chi connectivity index (χ1v) is 4.57. The molecule has 4 nitrogen and oxygen atoms in total. The lowest BCUT2D eigenvalue weighted by Crippen LogP contribution is -2.44. The molecule has 1 aliphatic heterocycles. The molecule has 0 saturated carbocycles. The molecular weight excluding hydrogens is 178 g/mol. The molecule has 0 spiro atoms. The Labute approximate surface area is 82.9 Å². The summed E-state index contributed by atoms with van der Waals surface area (Å²) in [6.07, 6.45) is 3.51. The molecule has 1 saturated heterocycles. The maximum Gasteiger partial charge on any atom is 0.238 e. The lowest BCUT2D eigenvalue weighted by atomic mass is 10.0. The molecule has 4 heteroatoms. The molecule has 2 heterocycles. The van der Waals surface area contributed by atoms with Crippen molar-refractivity contribution in [3.63, 3.8) is 0 Å². The zero-order valence-electron chi connectivity index (χ0n) is 8.32. The van der Waals surface area contributed by atoms with Crippen molar-refractivity contribution in [1.29, 1.82) is 0 Å². The van der Waals surface area contributed by atoms with Crippen molar-refractivity contribution in [2.24, 2.45) is 0 Å². The molecule has 1 aromatic rings. The maximum atomic E-state index is 11.4. The van der Waals surface area contributed by atoms with Gasteiger partial charge in [0.1, 0.15) is 5.66 Å². The molecule has 74 valence electrons. The highest BCUT2D eigenvalue weighted by atomic mass is 16.2. The van der Waals surface area contributed by atoms with Gasteiger partial charge < -0.3 is 4.90 Å². The van der Waals surface area contributed by atoms with Gasteiger partial charge in [-0.05, 0) is 13.0 Å². The summed E-state index contributed by atoms with van der Waals surface area (Å²) in [6, 6.07) is 3.84. The van der Waals surface area contributed by atoms with Crippen LogP contribution in [-0.2, 0) is 10.5 Å². The number of amides is 1. The summed E-state index contributed by atoms with van der Waals surface area (Å²) < 4.78 is 0. The Balaban J connectivity index is 2.39. The van der Waals surface area contributed by atoms with Gasteiger partial charge in [0, 0.05) is 25.0 Å². The molecule has 0 aliphatic carbocycles. The van der Waals surface area contributed by atoms with E-state index in [0.717, 1.165) is 5.56 Å². The molecule has 1 aliphatic rings. The highest BCUT2D eigenvalue weighted by Gasteiger charge is 2.39. The molecule has 2 rings (SSSR count). The van der Waals surface area contributed by atoms with E-state index in [1.165, 1.54) is 0 Å². The fourth-order valence-electron chi connectivity index (χ4n) is 1.68. The van der Waals surface area contributed by atoms with Crippen molar-refractivity contribution in [1.82, 2.24) is 15.2 Å². The van der Waals surface area contributed by atoms with E-state index in [-0.39, 0.29) is 5.91 Å². The number of rotatable bonds is 1. The number of hydrogen-bond donors (Lipinski definition) is 1. The van der Waals surface area contributed by atoms with Gasteiger partial charge in [0.25, 0.3) is 0 Å². The minimum absolute atomic E-state index is 0.108. The van der Waals surface area contributed by atoms with Gasteiger partial charge in [-0.1, -0.05) is 6.07 Å². The number of nitrogens with zero attached hydrogens (tertiary/aromatic N) is 2. The predicted molar refractivity (Wildman–Crippen MR) is 52.4 cm³/mol. The summed E-state index contributed by atoms with van der Waals surface area (Å²) in [5.74, 6) is 0.108. The second kappa shape index (κ2) is 3.06. The van der Waals surface area contributed by atoms with Crippen LogP contribution in [0.2, 0.25) is 0 Å². The highest BCUT2D eigenvalue weighted by molar-refractivity contribution is 5.81. The van der Waals surface area contributed by atoms with Gasteiger partial charge in [0.15, 0.2) is 0 Å². The Morgan fingerprint density at radius 1 is 1.64 bits per heavy atom. The molecule has 0 bridgehead atoms. The van der Waals surface area contributed by atoms with E-state index in [9.17, 15) is 4.79 Å². The number of carbonyl (C=O) groups is 1. The second-order valence-corrected chi connectivity index (χ2v) is 3.62. The van der Waals surface area contributed by atoms with Crippen LogP contribution in [0.1, 0.15) is 12.5 Å². The van der Waals surface area contributed by atoms with E-state index in [0.29, 0.717) is 6.54 Å². The molecular formula is C10H13N3O.